The van der Waals surface area contributed by atoms with Crippen LogP contribution in [0.4, 0.5) is 5.69 Å². The number of benzene rings is 1. The maximum atomic E-state index is 10.7. The maximum absolute atomic E-state index is 10.7. The van der Waals surface area contributed by atoms with Crippen molar-refractivity contribution in [2.45, 2.75) is 53.4 Å². The summed E-state index contributed by atoms with van der Waals surface area (Å²) in [5, 5.41) is 0. The predicted octanol–water partition coefficient (Wildman–Crippen LogP) is 4.11. The van der Waals surface area contributed by atoms with Gasteiger partial charge in [-0.1, -0.05) is 18.2 Å². The summed E-state index contributed by atoms with van der Waals surface area (Å²) >= 11 is 0. The van der Waals surface area contributed by atoms with E-state index in [1.54, 1.807) is 0 Å². The number of unbranched alkanes of at least 4 members (excludes halogenated alkanes) is 2. The summed E-state index contributed by atoms with van der Waals surface area (Å²) in [6.45, 7) is 9.95. The molecule has 0 aliphatic carbocycles. The summed E-state index contributed by atoms with van der Waals surface area (Å²) in [6, 6.07) is 8.73. The molecular formula is C19H28NO2+. The lowest BCUT2D eigenvalue weighted by atomic mass is 9.78. The molecule has 2 rings (SSSR count). The number of nitrogens with zero attached hydrogens (tertiary/aromatic N) is 1. The van der Waals surface area contributed by atoms with Crippen LogP contribution in [0.25, 0.3) is 0 Å². The molecule has 0 radical (unpaired) electrons. The Bertz CT molecular complexity index is 573. The third-order valence-corrected chi connectivity index (χ3v) is 4.63. The fraction of sp³-hybridized carbons (Fsp3) is 0.579. The first-order valence-corrected chi connectivity index (χ1v) is 8.24. The van der Waals surface area contributed by atoms with Gasteiger partial charge >= 0.3 is 5.97 Å². The van der Waals surface area contributed by atoms with Gasteiger partial charge in [-0.25, -0.2) is 0 Å². The number of carbonyl (C=O) groups excluding carboxylic acids is 1. The molecule has 120 valence electrons. The van der Waals surface area contributed by atoms with Gasteiger partial charge in [-0.2, -0.15) is 4.58 Å². The standard InChI is InChI=1S/C19H28NO2/c1-15-19(3,4)14-17-10-6-7-11-18(17)20(15)12-8-5-9-13-22-16(2)21/h6-7,10-11H,5,8-9,12-14H2,1-4H3/q+1. The molecule has 1 aliphatic heterocycles. The first kappa shape index (κ1) is 16.7. The molecule has 0 N–H and O–H groups in total. The second-order valence-corrected chi connectivity index (χ2v) is 6.83. The van der Waals surface area contributed by atoms with Crippen LogP contribution in [0.15, 0.2) is 24.3 Å². The third-order valence-electron chi connectivity index (χ3n) is 4.63. The van der Waals surface area contributed by atoms with Gasteiger partial charge < -0.3 is 4.74 Å². The second-order valence-electron chi connectivity index (χ2n) is 6.83. The molecule has 0 saturated heterocycles. The molecule has 1 aromatic rings. The quantitative estimate of drug-likeness (QED) is 0.449. The maximum Gasteiger partial charge on any atom is 0.302 e. The van der Waals surface area contributed by atoms with E-state index in [0.717, 1.165) is 32.2 Å². The van der Waals surface area contributed by atoms with Gasteiger partial charge in [-0.05, 0) is 33.1 Å². The van der Waals surface area contributed by atoms with Crippen LogP contribution in [-0.4, -0.2) is 29.4 Å². The molecule has 3 nitrogen and oxygen atoms in total. The molecule has 0 amide bonds. The molecular weight excluding hydrogens is 274 g/mol. The molecule has 1 aromatic carbocycles. The van der Waals surface area contributed by atoms with Crippen molar-refractivity contribution in [2.75, 3.05) is 13.2 Å². The Morgan fingerprint density at radius 3 is 2.68 bits per heavy atom. The fourth-order valence-electron chi connectivity index (χ4n) is 3.13. The van der Waals surface area contributed by atoms with Crippen molar-refractivity contribution in [2.24, 2.45) is 5.41 Å². The Balaban J connectivity index is 2.00. The lowest BCUT2D eigenvalue weighted by Gasteiger charge is -2.29. The molecule has 0 unspecified atom stereocenters. The summed E-state index contributed by atoms with van der Waals surface area (Å²) < 4.78 is 7.46. The van der Waals surface area contributed by atoms with Crippen molar-refractivity contribution in [1.29, 1.82) is 0 Å². The van der Waals surface area contributed by atoms with Gasteiger partial charge in [0.2, 0.25) is 5.69 Å². The summed E-state index contributed by atoms with van der Waals surface area (Å²) in [5.41, 5.74) is 4.47. The van der Waals surface area contributed by atoms with Gasteiger partial charge in [-0.15, -0.1) is 0 Å². The normalized spacial score (nSPS) is 16.4. The van der Waals surface area contributed by atoms with E-state index in [9.17, 15) is 4.79 Å². The first-order chi connectivity index (χ1) is 10.4. The average molecular weight is 302 g/mol. The molecule has 0 atom stereocenters. The van der Waals surface area contributed by atoms with Crippen LogP contribution in [0, 0.1) is 5.41 Å². The Hall–Kier alpha value is -1.64. The van der Waals surface area contributed by atoms with Gasteiger partial charge in [0.1, 0.15) is 6.54 Å². The van der Waals surface area contributed by atoms with Gasteiger partial charge in [0.05, 0.1) is 6.61 Å². The Kier molecular flexibility index (Phi) is 5.38. The Morgan fingerprint density at radius 1 is 1.23 bits per heavy atom. The zero-order valence-corrected chi connectivity index (χ0v) is 14.3. The summed E-state index contributed by atoms with van der Waals surface area (Å²) in [6.07, 6.45) is 4.25. The molecule has 0 saturated carbocycles. The minimum Gasteiger partial charge on any atom is -0.466 e. The van der Waals surface area contributed by atoms with E-state index in [2.05, 4.69) is 49.6 Å². The molecule has 0 aromatic heterocycles. The van der Waals surface area contributed by atoms with Crippen molar-refractivity contribution in [3.8, 4) is 0 Å². The topological polar surface area (TPSA) is 29.3 Å². The number of rotatable bonds is 6. The van der Waals surface area contributed by atoms with Crippen LogP contribution >= 0.6 is 0 Å². The van der Waals surface area contributed by atoms with E-state index in [-0.39, 0.29) is 11.4 Å². The number of para-hydroxylation sites is 1. The van der Waals surface area contributed by atoms with E-state index in [1.807, 2.05) is 0 Å². The summed E-state index contributed by atoms with van der Waals surface area (Å²) in [7, 11) is 0. The van der Waals surface area contributed by atoms with Crippen molar-refractivity contribution < 1.29 is 14.1 Å². The Labute approximate surface area is 134 Å². The van der Waals surface area contributed by atoms with Crippen LogP contribution < -0.4 is 0 Å². The molecule has 0 fully saturated rings. The highest BCUT2D eigenvalue weighted by molar-refractivity contribution is 5.85. The lowest BCUT2D eigenvalue weighted by Crippen LogP contribution is -2.36. The van der Waals surface area contributed by atoms with Crippen molar-refractivity contribution >= 4 is 17.4 Å². The zero-order chi connectivity index (χ0) is 16.2. The van der Waals surface area contributed by atoms with Crippen LogP contribution in [0.3, 0.4) is 0 Å². The molecule has 1 heterocycles. The number of ether oxygens (including phenoxy) is 1. The van der Waals surface area contributed by atoms with Crippen LogP contribution in [0.2, 0.25) is 0 Å². The summed E-state index contributed by atoms with van der Waals surface area (Å²) in [5.74, 6) is -0.184. The Morgan fingerprint density at radius 2 is 1.95 bits per heavy atom. The SMILES string of the molecule is CC(=O)OCCCCC[N+]1=C(C)C(C)(C)Cc2ccccc21. The number of fused-ring (bicyclic) bond motifs is 1. The van der Waals surface area contributed by atoms with E-state index in [1.165, 1.54) is 23.9 Å². The van der Waals surface area contributed by atoms with Crippen LogP contribution in [-0.2, 0) is 16.0 Å². The fourth-order valence-corrected chi connectivity index (χ4v) is 3.13. The molecule has 0 spiro atoms. The number of hydrogen-bond donors (Lipinski definition) is 0. The summed E-state index contributed by atoms with van der Waals surface area (Å²) in [4.78, 5) is 10.7. The highest BCUT2D eigenvalue weighted by atomic mass is 16.5. The molecule has 3 heteroatoms. The smallest absolute Gasteiger partial charge is 0.302 e. The number of esters is 1. The van der Waals surface area contributed by atoms with Gasteiger partial charge in [0, 0.05) is 37.3 Å². The van der Waals surface area contributed by atoms with E-state index < -0.39 is 0 Å². The van der Waals surface area contributed by atoms with Crippen LogP contribution in [0.1, 0.15) is 52.5 Å². The second kappa shape index (κ2) is 7.08. The van der Waals surface area contributed by atoms with Crippen molar-refractivity contribution in [1.82, 2.24) is 0 Å². The zero-order valence-electron chi connectivity index (χ0n) is 14.3. The van der Waals surface area contributed by atoms with E-state index in [4.69, 9.17) is 4.74 Å². The minimum atomic E-state index is -0.184. The van der Waals surface area contributed by atoms with Crippen LogP contribution in [0.5, 0.6) is 0 Å². The monoisotopic (exact) mass is 302 g/mol. The lowest BCUT2D eigenvalue weighted by molar-refractivity contribution is -0.449. The molecule has 0 bridgehead atoms. The van der Waals surface area contributed by atoms with Crippen molar-refractivity contribution in [3.63, 3.8) is 0 Å². The van der Waals surface area contributed by atoms with Gasteiger partial charge in [0.15, 0.2) is 5.71 Å². The first-order valence-electron chi connectivity index (χ1n) is 8.24. The molecule has 1 aliphatic rings. The van der Waals surface area contributed by atoms with E-state index in [0.29, 0.717) is 6.61 Å². The van der Waals surface area contributed by atoms with E-state index >= 15 is 0 Å². The van der Waals surface area contributed by atoms with Gasteiger partial charge in [0.25, 0.3) is 0 Å². The largest absolute Gasteiger partial charge is 0.466 e. The van der Waals surface area contributed by atoms with Gasteiger partial charge in [-0.3, -0.25) is 4.79 Å². The highest BCUT2D eigenvalue weighted by Gasteiger charge is 2.36. The minimum absolute atomic E-state index is 0.184. The van der Waals surface area contributed by atoms with Crippen molar-refractivity contribution in [3.05, 3.63) is 29.8 Å². The molecule has 22 heavy (non-hydrogen) atoms. The predicted molar refractivity (Wildman–Crippen MR) is 89.9 cm³/mol. The third kappa shape index (κ3) is 3.96. The average Bonchev–Trinajstić information content (AvgIpc) is 2.45. The highest BCUT2D eigenvalue weighted by Crippen LogP contribution is 2.35. The number of hydrogen-bond acceptors (Lipinski definition) is 2. The number of carbonyl (C=O) groups is 1.